The summed E-state index contributed by atoms with van der Waals surface area (Å²) in [6.07, 6.45) is 0.864. The van der Waals surface area contributed by atoms with Gasteiger partial charge in [0.25, 0.3) is 0 Å². The largest absolute Gasteiger partial charge is 0.377 e. The van der Waals surface area contributed by atoms with E-state index in [1.165, 1.54) is 0 Å². The Morgan fingerprint density at radius 2 is 2.06 bits per heavy atom. The van der Waals surface area contributed by atoms with Crippen molar-refractivity contribution in [1.29, 1.82) is 0 Å². The van der Waals surface area contributed by atoms with Gasteiger partial charge in [-0.3, -0.25) is 11.3 Å². The van der Waals surface area contributed by atoms with Crippen molar-refractivity contribution in [2.75, 3.05) is 6.61 Å². The molecule has 3 nitrogen and oxygen atoms in total. The van der Waals surface area contributed by atoms with Crippen molar-refractivity contribution in [3.05, 3.63) is 33.8 Å². The summed E-state index contributed by atoms with van der Waals surface area (Å²) in [5.74, 6) is 5.49. The summed E-state index contributed by atoms with van der Waals surface area (Å²) in [4.78, 5) is 0. The number of hydrazine groups is 1. The number of rotatable bonds is 6. The SMILES string of the molecule is CC(C)OCC(Cc1cc(Cl)ccc1Cl)NN. The second-order valence-corrected chi connectivity index (χ2v) is 5.03. The lowest BCUT2D eigenvalue weighted by atomic mass is 10.1. The van der Waals surface area contributed by atoms with Crippen molar-refractivity contribution in [2.24, 2.45) is 5.84 Å². The number of hydrogen-bond acceptors (Lipinski definition) is 3. The van der Waals surface area contributed by atoms with Crippen molar-refractivity contribution >= 4 is 23.2 Å². The minimum Gasteiger partial charge on any atom is -0.377 e. The first-order valence-corrected chi connectivity index (χ1v) is 6.30. The van der Waals surface area contributed by atoms with Gasteiger partial charge in [-0.1, -0.05) is 23.2 Å². The average molecular weight is 277 g/mol. The van der Waals surface area contributed by atoms with Crippen LogP contribution in [0.5, 0.6) is 0 Å². The highest BCUT2D eigenvalue weighted by atomic mass is 35.5. The van der Waals surface area contributed by atoms with Crippen LogP contribution < -0.4 is 11.3 Å². The molecule has 1 unspecified atom stereocenters. The molecule has 5 heteroatoms. The molecule has 0 aromatic heterocycles. The molecule has 0 saturated carbocycles. The van der Waals surface area contributed by atoms with E-state index in [4.69, 9.17) is 33.8 Å². The maximum Gasteiger partial charge on any atom is 0.0639 e. The van der Waals surface area contributed by atoms with Gasteiger partial charge in [-0.15, -0.1) is 0 Å². The summed E-state index contributed by atoms with van der Waals surface area (Å²) in [7, 11) is 0. The molecule has 0 aliphatic carbocycles. The third-order valence-electron chi connectivity index (χ3n) is 2.34. The predicted molar refractivity (Wildman–Crippen MR) is 72.4 cm³/mol. The number of ether oxygens (including phenoxy) is 1. The van der Waals surface area contributed by atoms with Crippen LogP contribution in [0.25, 0.3) is 0 Å². The van der Waals surface area contributed by atoms with E-state index in [-0.39, 0.29) is 12.1 Å². The Kier molecular flexibility index (Phi) is 6.23. The molecule has 1 aromatic carbocycles. The minimum absolute atomic E-state index is 0.0216. The third-order valence-corrected chi connectivity index (χ3v) is 2.94. The van der Waals surface area contributed by atoms with E-state index in [2.05, 4.69) is 5.43 Å². The van der Waals surface area contributed by atoms with Gasteiger partial charge in [-0.05, 0) is 44.0 Å². The zero-order valence-corrected chi connectivity index (χ0v) is 11.6. The maximum atomic E-state index is 6.09. The fourth-order valence-corrected chi connectivity index (χ4v) is 1.83. The molecule has 1 aromatic rings. The summed E-state index contributed by atoms with van der Waals surface area (Å²) in [6, 6.07) is 5.43. The van der Waals surface area contributed by atoms with Crippen LogP contribution in [0.4, 0.5) is 0 Å². The highest BCUT2D eigenvalue weighted by molar-refractivity contribution is 6.33. The van der Waals surface area contributed by atoms with Crippen LogP contribution in [-0.4, -0.2) is 18.8 Å². The van der Waals surface area contributed by atoms with Crippen molar-refractivity contribution in [1.82, 2.24) is 5.43 Å². The van der Waals surface area contributed by atoms with Gasteiger partial charge in [0, 0.05) is 16.1 Å². The maximum absolute atomic E-state index is 6.09. The van der Waals surface area contributed by atoms with Gasteiger partial charge >= 0.3 is 0 Å². The van der Waals surface area contributed by atoms with Crippen molar-refractivity contribution in [3.8, 4) is 0 Å². The topological polar surface area (TPSA) is 47.3 Å². The molecule has 0 aliphatic rings. The number of nitrogens with one attached hydrogen (secondary N) is 1. The zero-order chi connectivity index (χ0) is 12.8. The average Bonchev–Trinajstić information content (AvgIpc) is 2.28. The van der Waals surface area contributed by atoms with E-state index >= 15 is 0 Å². The van der Waals surface area contributed by atoms with Gasteiger partial charge in [0.05, 0.1) is 12.7 Å². The number of benzene rings is 1. The van der Waals surface area contributed by atoms with Crippen LogP contribution in [0.3, 0.4) is 0 Å². The molecule has 1 atom stereocenters. The molecule has 96 valence electrons. The van der Waals surface area contributed by atoms with Gasteiger partial charge in [0.1, 0.15) is 0 Å². The van der Waals surface area contributed by atoms with Gasteiger partial charge in [-0.25, -0.2) is 0 Å². The van der Waals surface area contributed by atoms with Crippen molar-refractivity contribution in [2.45, 2.75) is 32.4 Å². The normalized spacial score (nSPS) is 13.1. The first-order valence-electron chi connectivity index (χ1n) is 5.54. The quantitative estimate of drug-likeness (QED) is 0.621. The lowest BCUT2D eigenvalue weighted by Gasteiger charge is -2.18. The van der Waals surface area contributed by atoms with E-state index < -0.39 is 0 Å². The molecule has 0 saturated heterocycles. The van der Waals surface area contributed by atoms with Gasteiger partial charge in [0.15, 0.2) is 0 Å². The molecule has 0 heterocycles. The molecule has 17 heavy (non-hydrogen) atoms. The zero-order valence-electron chi connectivity index (χ0n) is 10.0. The molecule has 0 bridgehead atoms. The first kappa shape index (κ1) is 14.7. The molecule has 0 amide bonds. The van der Waals surface area contributed by atoms with Gasteiger partial charge < -0.3 is 4.74 Å². The van der Waals surface area contributed by atoms with Gasteiger partial charge in [0.2, 0.25) is 0 Å². The lowest BCUT2D eigenvalue weighted by molar-refractivity contribution is 0.0613. The van der Waals surface area contributed by atoms with Crippen LogP contribution in [0.2, 0.25) is 10.0 Å². The van der Waals surface area contributed by atoms with E-state index in [0.29, 0.717) is 23.1 Å². The predicted octanol–water partition coefficient (Wildman–Crippen LogP) is 2.79. The standard InChI is InChI=1S/C12H18Cl2N2O/c1-8(2)17-7-11(16-15)6-9-5-10(13)3-4-12(9)14/h3-5,8,11,16H,6-7,15H2,1-2H3. The van der Waals surface area contributed by atoms with E-state index in [1.807, 2.05) is 19.9 Å². The second kappa shape index (κ2) is 7.19. The monoisotopic (exact) mass is 276 g/mol. The van der Waals surface area contributed by atoms with Crippen molar-refractivity contribution in [3.63, 3.8) is 0 Å². The number of halogens is 2. The molecular formula is C12H18Cl2N2O. The molecule has 0 spiro atoms. The summed E-state index contributed by atoms with van der Waals surface area (Å²) in [5.41, 5.74) is 3.69. The van der Waals surface area contributed by atoms with E-state index in [1.54, 1.807) is 12.1 Å². The summed E-state index contributed by atoms with van der Waals surface area (Å²) in [6.45, 7) is 4.51. The smallest absolute Gasteiger partial charge is 0.0639 e. The first-order chi connectivity index (χ1) is 8.02. The number of nitrogens with two attached hydrogens (primary N) is 1. The Bertz CT molecular complexity index is 358. The summed E-state index contributed by atoms with van der Waals surface area (Å²) < 4.78 is 5.52. The van der Waals surface area contributed by atoms with Gasteiger partial charge in [-0.2, -0.15) is 0 Å². The van der Waals surface area contributed by atoms with Crippen LogP contribution in [0.15, 0.2) is 18.2 Å². The second-order valence-electron chi connectivity index (χ2n) is 4.19. The molecule has 3 N–H and O–H groups in total. The Morgan fingerprint density at radius 3 is 2.65 bits per heavy atom. The van der Waals surface area contributed by atoms with Crippen LogP contribution >= 0.6 is 23.2 Å². The highest BCUT2D eigenvalue weighted by Gasteiger charge is 2.11. The molecule has 1 rings (SSSR count). The Labute approximate surface area is 112 Å². The Morgan fingerprint density at radius 1 is 1.35 bits per heavy atom. The molecule has 0 aliphatic heterocycles. The lowest BCUT2D eigenvalue weighted by Crippen LogP contribution is -2.41. The van der Waals surface area contributed by atoms with Crippen LogP contribution in [0, 0.1) is 0 Å². The number of hydrogen-bond donors (Lipinski definition) is 2. The molecule has 0 fully saturated rings. The minimum atomic E-state index is 0.0216. The fourth-order valence-electron chi connectivity index (χ4n) is 1.44. The van der Waals surface area contributed by atoms with E-state index in [0.717, 1.165) is 5.56 Å². The van der Waals surface area contributed by atoms with Crippen LogP contribution in [-0.2, 0) is 11.2 Å². The Hall–Kier alpha value is -0.320. The van der Waals surface area contributed by atoms with E-state index in [9.17, 15) is 0 Å². The summed E-state index contributed by atoms with van der Waals surface area (Å²) >= 11 is 12.0. The fraction of sp³-hybridized carbons (Fsp3) is 0.500. The Balaban J connectivity index is 2.63. The third kappa shape index (κ3) is 5.23. The molecule has 0 radical (unpaired) electrons. The van der Waals surface area contributed by atoms with Crippen molar-refractivity contribution < 1.29 is 4.74 Å². The molecular weight excluding hydrogens is 259 g/mol. The van der Waals surface area contributed by atoms with Crippen LogP contribution in [0.1, 0.15) is 19.4 Å². The highest BCUT2D eigenvalue weighted by Crippen LogP contribution is 2.21. The summed E-state index contributed by atoms with van der Waals surface area (Å²) in [5, 5.41) is 1.36.